The van der Waals surface area contributed by atoms with Crippen LogP contribution in [-0.4, -0.2) is 81.9 Å². The number of hydrogen-bond acceptors (Lipinski definition) is 9. The van der Waals surface area contributed by atoms with Crippen molar-refractivity contribution < 1.29 is 27.8 Å². The van der Waals surface area contributed by atoms with Gasteiger partial charge in [-0.25, -0.2) is 13.2 Å². The van der Waals surface area contributed by atoms with Crippen LogP contribution < -0.4 is 9.64 Å². The van der Waals surface area contributed by atoms with Crippen molar-refractivity contribution in [2.24, 2.45) is 5.92 Å². The topological polar surface area (TPSA) is 109 Å². The van der Waals surface area contributed by atoms with Gasteiger partial charge in [-0.3, -0.25) is 4.98 Å². The van der Waals surface area contributed by atoms with Crippen LogP contribution in [0.1, 0.15) is 43.0 Å². The molecular weight excluding hydrogens is 530 g/mol. The minimum Gasteiger partial charge on any atom is -0.497 e. The fourth-order valence-electron chi connectivity index (χ4n) is 5.86. The van der Waals surface area contributed by atoms with Crippen molar-refractivity contribution in [1.82, 2.24) is 9.88 Å². The average molecular weight is 568 g/mol. The van der Waals surface area contributed by atoms with E-state index in [1.54, 1.807) is 49.4 Å². The Kier molecular flexibility index (Phi) is 8.58. The number of aliphatic hydroxyl groups excluding tert-OH is 1. The highest BCUT2D eigenvalue weighted by atomic mass is 32.2. The molecule has 5 rings (SSSR count). The van der Waals surface area contributed by atoms with Crippen LogP contribution in [-0.2, 0) is 14.6 Å². The molecule has 0 unspecified atom stereocenters. The summed E-state index contributed by atoms with van der Waals surface area (Å²) in [4.78, 5) is 22.0. The van der Waals surface area contributed by atoms with Crippen molar-refractivity contribution in [3.63, 3.8) is 0 Å². The quantitative estimate of drug-likeness (QED) is 0.405. The molecule has 0 atom stereocenters. The number of piperidine rings is 2. The number of methoxy groups -OCH3 is 1. The van der Waals surface area contributed by atoms with Gasteiger partial charge < -0.3 is 24.4 Å². The second-order valence-corrected chi connectivity index (χ2v) is 12.4. The van der Waals surface area contributed by atoms with Gasteiger partial charge in [0, 0.05) is 37.3 Å². The van der Waals surface area contributed by atoms with Gasteiger partial charge in [0.05, 0.1) is 35.4 Å². The lowest BCUT2D eigenvalue weighted by molar-refractivity contribution is 0.0526. The number of hydrogen-bond donors (Lipinski definition) is 1. The number of ether oxygens (including phenoxy) is 2. The highest BCUT2D eigenvalue weighted by Crippen LogP contribution is 2.38. The molecule has 10 heteroatoms. The third-order valence-electron chi connectivity index (χ3n) is 8.18. The smallest absolute Gasteiger partial charge is 0.338 e. The number of esters is 1. The van der Waals surface area contributed by atoms with E-state index in [-0.39, 0.29) is 23.0 Å². The second-order valence-electron chi connectivity index (χ2n) is 10.5. The van der Waals surface area contributed by atoms with Gasteiger partial charge in [-0.1, -0.05) is 0 Å². The van der Waals surface area contributed by atoms with E-state index in [4.69, 9.17) is 9.47 Å². The molecule has 0 spiro atoms. The van der Waals surface area contributed by atoms with Gasteiger partial charge in [0.25, 0.3) is 0 Å². The fourth-order valence-corrected chi connectivity index (χ4v) is 7.30. The standard InChI is InChI=1S/C30H37N3O6S/c1-3-39-30(35)22-4-9-27-26(18-22)29(28(19-31-27)40(36,37)25-7-5-24(38-2)6-8-25)33-16-12-23(13-17-33)32-14-10-21(20-34)11-15-32/h4-9,18-19,21,23,34H,3,10-17,20H2,1-2H3. The van der Waals surface area contributed by atoms with Crippen LogP contribution in [0.2, 0.25) is 0 Å². The molecule has 9 nitrogen and oxygen atoms in total. The molecule has 40 heavy (non-hydrogen) atoms. The van der Waals surface area contributed by atoms with E-state index in [9.17, 15) is 18.3 Å². The molecule has 0 radical (unpaired) electrons. The first-order valence-electron chi connectivity index (χ1n) is 13.9. The predicted molar refractivity (Wildman–Crippen MR) is 153 cm³/mol. The second kappa shape index (κ2) is 12.1. The molecule has 3 heterocycles. The van der Waals surface area contributed by atoms with E-state index >= 15 is 0 Å². The Morgan fingerprint density at radius 2 is 1.73 bits per heavy atom. The van der Waals surface area contributed by atoms with E-state index in [0.29, 0.717) is 53.0 Å². The van der Waals surface area contributed by atoms with Crippen molar-refractivity contribution in [2.45, 2.75) is 48.4 Å². The molecule has 2 aliphatic rings. The van der Waals surface area contributed by atoms with Crippen molar-refractivity contribution >= 4 is 32.4 Å². The van der Waals surface area contributed by atoms with Crippen LogP contribution in [0, 0.1) is 5.92 Å². The van der Waals surface area contributed by atoms with Gasteiger partial charge in [0.2, 0.25) is 9.84 Å². The fraction of sp³-hybridized carbons (Fsp3) is 0.467. The highest BCUT2D eigenvalue weighted by molar-refractivity contribution is 7.91. The van der Waals surface area contributed by atoms with Gasteiger partial charge in [-0.2, -0.15) is 0 Å². The maximum absolute atomic E-state index is 14.0. The molecule has 0 bridgehead atoms. The summed E-state index contributed by atoms with van der Waals surface area (Å²) in [5, 5.41) is 10.1. The maximum Gasteiger partial charge on any atom is 0.338 e. The van der Waals surface area contributed by atoms with Crippen molar-refractivity contribution in [2.75, 3.05) is 51.4 Å². The molecule has 2 aliphatic heterocycles. The molecule has 0 amide bonds. The zero-order valence-electron chi connectivity index (χ0n) is 23.1. The Morgan fingerprint density at radius 1 is 1.02 bits per heavy atom. The Bertz CT molecular complexity index is 1440. The number of anilines is 1. The molecule has 0 saturated carbocycles. The van der Waals surface area contributed by atoms with Crippen molar-refractivity contribution in [1.29, 1.82) is 0 Å². The molecule has 2 aromatic carbocycles. The monoisotopic (exact) mass is 567 g/mol. The van der Waals surface area contributed by atoms with Gasteiger partial charge in [0.1, 0.15) is 10.6 Å². The van der Waals surface area contributed by atoms with Gasteiger partial charge in [-0.05, 0) is 94.1 Å². The Balaban J connectivity index is 1.53. The third-order valence-corrected chi connectivity index (χ3v) is 9.95. The first-order chi connectivity index (χ1) is 19.3. The molecule has 2 saturated heterocycles. The normalized spacial score (nSPS) is 17.7. The number of carbonyl (C=O) groups excluding carboxylic acids is 1. The molecule has 214 valence electrons. The zero-order chi connectivity index (χ0) is 28.3. The number of pyridine rings is 1. The van der Waals surface area contributed by atoms with Gasteiger partial charge in [-0.15, -0.1) is 0 Å². The van der Waals surface area contributed by atoms with Crippen molar-refractivity contribution in [3.8, 4) is 5.75 Å². The lowest BCUT2D eigenvalue weighted by atomic mass is 9.94. The van der Waals surface area contributed by atoms with Crippen LogP contribution in [0.5, 0.6) is 5.75 Å². The van der Waals surface area contributed by atoms with Gasteiger partial charge >= 0.3 is 5.97 Å². The van der Waals surface area contributed by atoms with Crippen LogP contribution in [0.25, 0.3) is 10.9 Å². The number of likely N-dealkylation sites (tertiary alicyclic amines) is 1. The molecule has 3 aromatic rings. The lowest BCUT2D eigenvalue weighted by Crippen LogP contribution is -2.48. The zero-order valence-corrected chi connectivity index (χ0v) is 23.9. The number of aliphatic hydroxyl groups is 1. The maximum atomic E-state index is 14.0. The minimum absolute atomic E-state index is 0.119. The van der Waals surface area contributed by atoms with Crippen LogP contribution in [0.15, 0.2) is 58.5 Å². The van der Waals surface area contributed by atoms with E-state index in [1.165, 1.54) is 13.3 Å². The van der Waals surface area contributed by atoms with E-state index in [0.717, 1.165) is 38.8 Å². The van der Waals surface area contributed by atoms with E-state index in [1.807, 2.05) is 0 Å². The first kappa shape index (κ1) is 28.3. The Labute approximate surface area is 235 Å². The summed E-state index contributed by atoms with van der Waals surface area (Å²) < 4.78 is 38.4. The van der Waals surface area contributed by atoms with Crippen LogP contribution >= 0.6 is 0 Å². The molecule has 2 fully saturated rings. The number of sulfone groups is 1. The van der Waals surface area contributed by atoms with E-state index in [2.05, 4.69) is 14.8 Å². The highest BCUT2D eigenvalue weighted by Gasteiger charge is 2.32. The summed E-state index contributed by atoms with van der Waals surface area (Å²) in [6.07, 6.45) is 5.24. The summed E-state index contributed by atoms with van der Waals surface area (Å²) in [5.74, 6) is 0.502. The predicted octanol–water partition coefficient (Wildman–Crippen LogP) is 3.93. The number of fused-ring (bicyclic) bond motifs is 1. The number of nitrogens with zero attached hydrogens (tertiary/aromatic N) is 3. The Hall–Kier alpha value is -3.21. The van der Waals surface area contributed by atoms with Gasteiger partial charge in [0.15, 0.2) is 0 Å². The average Bonchev–Trinajstić information content (AvgIpc) is 3.00. The minimum atomic E-state index is -3.93. The summed E-state index contributed by atoms with van der Waals surface area (Å²) in [5.41, 5.74) is 1.55. The number of aromatic nitrogens is 1. The summed E-state index contributed by atoms with van der Waals surface area (Å²) in [7, 11) is -2.40. The van der Waals surface area contributed by atoms with Crippen molar-refractivity contribution in [3.05, 3.63) is 54.2 Å². The number of rotatable bonds is 8. The first-order valence-corrected chi connectivity index (χ1v) is 15.4. The van der Waals surface area contributed by atoms with Crippen LogP contribution in [0.4, 0.5) is 5.69 Å². The summed E-state index contributed by atoms with van der Waals surface area (Å²) in [6, 6.07) is 11.9. The SMILES string of the molecule is CCOC(=O)c1ccc2ncc(S(=O)(=O)c3ccc(OC)cc3)c(N3CCC(N4CCC(CO)CC4)CC3)c2c1. The summed E-state index contributed by atoms with van der Waals surface area (Å²) in [6.45, 7) is 5.57. The third kappa shape index (κ3) is 5.66. The molecule has 1 aromatic heterocycles. The van der Waals surface area contributed by atoms with E-state index < -0.39 is 15.8 Å². The molecular formula is C30H37N3O6S. The number of carbonyl (C=O) groups is 1. The molecule has 0 aliphatic carbocycles. The Morgan fingerprint density at radius 3 is 2.35 bits per heavy atom. The lowest BCUT2D eigenvalue weighted by Gasteiger charge is -2.42. The largest absolute Gasteiger partial charge is 0.497 e. The summed E-state index contributed by atoms with van der Waals surface area (Å²) >= 11 is 0. The number of benzene rings is 2. The van der Waals surface area contributed by atoms with Crippen LogP contribution in [0.3, 0.4) is 0 Å². The molecule has 1 N–H and O–H groups in total.